The van der Waals surface area contributed by atoms with Gasteiger partial charge in [0.25, 0.3) is 0 Å². The largest absolute Gasteiger partial charge is 0.353 e. The summed E-state index contributed by atoms with van der Waals surface area (Å²) < 4.78 is 0. The van der Waals surface area contributed by atoms with Crippen LogP contribution in [0.1, 0.15) is 29.2 Å². The zero-order valence-corrected chi connectivity index (χ0v) is 11.7. The van der Waals surface area contributed by atoms with Crippen molar-refractivity contribution in [2.24, 2.45) is 5.73 Å². The molecule has 0 unspecified atom stereocenters. The van der Waals surface area contributed by atoms with E-state index in [0.29, 0.717) is 0 Å². The van der Waals surface area contributed by atoms with Gasteiger partial charge in [-0.15, -0.1) is 11.3 Å². The van der Waals surface area contributed by atoms with E-state index in [0.717, 1.165) is 28.6 Å². The average Bonchev–Trinajstić information content (AvgIpc) is 2.74. The second-order valence-electron chi connectivity index (χ2n) is 4.42. The molecule has 2 rings (SSSR count). The first-order chi connectivity index (χ1) is 8.58. The summed E-state index contributed by atoms with van der Waals surface area (Å²) >= 11 is 1.67. The Balaban J connectivity index is 2.20. The number of anilines is 1. The van der Waals surface area contributed by atoms with Crippen LogP contribution in [0.5, 0.6) is 0 Å². The molecular weight excluding hydrogens is 244 g/mol. The summed E-state index contributed by atoms with van der Waals surface area (Å²) in [7, 11) is 2.02. The minimum absolute atomic E-state index is 0.0201. The topological polar surface area (TPSA) is 55.0 Å². The molecule has 0 saturated heterocycles. The smallest absolute Gasteiger partial charge is 0.133 e. The number of nitrogens with zero attached hydrogens (tertiary/aromatic N) is 3. The van der Waals surface area contributed by atoms with Crippen molar-refractivity contribution in [1.82, 2.24) is 9.97 Å². The molecule has 0 saturated carbocycles. The van der Waals surface area contributed by atoms with Gasteiger partial charge in [0.15, 0.2) is 0 Å². The van der Waals surface area contributed by atoms with Crippen molar-refractivity contribution < 1.29 is 0 Å². The summed E-state index contributed by atoms with van der Waals surface area (Å²) in [5.41, 5.74) is 8.10. The van der Waals surface area contributed by atoms with Gasteiger partial charge in [-0.3, -0.25) is 0 Å². The third-order valence-corrected chi connectivity index (χ3v) is 3.56. The highest BCUT2D eigenvalue weighted by Crippen LogP contribution is 2.22. The molecule has 1 atom stereocenters. The lowest BCUT2D eigenvalue weighted by molar-refractivity contribution is 0.784. The molecule has 2 N–H and O–H groups in total. The first kappa shape index (κ1) is 13.0. The Bertz CT molecular complexity index is 521. The molecule has 2 aromatic rings. The minimum Gasteiger partial charge on any atom is -0.353 e. The van der Waals surface area contributed by atoms with Crippen molar-refractivity contribution in [3.63, 3.8) is 0 Å². The summed E-state index contributed by atoms with van der Waals surface area (Å²) in [5.74, 6) is 0.929. The Morgan fingerprint density at radius 2 is 2.28 bits per heavy atom. The van der Waals surface area contributed by atoms with Gasteiger partial charge in [-0.1, -0.05) is 6.07 Å². The standard InChI is InChI=1S/C13H18N4S/c1-9(14)12-5-4-6-15-13(12)17(3)7-11-8-18-10(2)16-11/h4-6,8-9H,7,14H2,1-3H3/t9-/m1/s1. The molecule has 4 nitrogen and oxygen atoms in total. The quantitative estimate of drug-likeness (QED) is 0.920. The maximum atomic E-state index is 5.97. The van der Waals surface area contributed by atoms with Crippen molar-refractivity contribution in [3.05, 3.63) is 40.0 Å². The van der Waals surface area contributed by atoms with Crippen LogP contribution in [0.4, 0.5) is 5.82 Å². The molecule has 2 heterocycles. The molecule has 0 bridgehead atoms. The number of hydrogen-bond acceptors (Lipinski definition) is 5. The molecule has 0 aromatic carbocycles. The van der Waals surface area contributed by atoms with Gasteiger partial charge in [0.2, 0.25) is 0 Å². The minimum atomic E-state index is -0.0201. The molecule has 0 spiro atoms. The van der Waals surface area contributed by atoms with Crippen molar-refractivity contribution in [1.29, 1.82) is 0 Å². The maximum Gasteiger partial charge on any atom is 0.133 e. The number of thiazole rings is 1. The van der Waals surface area contributed by atoms with Crippen molar-refractivity contribution in [2.45, 2.75) is 26.4 Å². The molecule has 18 heavy (non-hydrogen) atoms. The van der Waals surface area contributed by atoms with Gasteiger partial charge in [0.1, 0.15) is 5.82 Å². The molecule has 0 fully saturated rings. The van der Waals surface area contributed by atoms with E-state index in [2.05, 4.69) is 20.2 Å². The van der Waals surface area contributed by atoms with E-state index in [4.69, 9.17) is 5.73 Å². The second-order valence-corrected chi connectivity index (χ2v) is 5.48. The average molecular weight is 262 g/mol. The van der Waals surface area contributed by atoms with Crippen LogP contribution >= 0.6 is 11.3 Å². The Kier molecular flexibility index (Phi) is 3.93. The Morgan fingerprint density at radius 3 is 2.89 bits per heavy atom. The van der Waals surface area contributed by atoms with Crippen molar-refractivity contribution in [2.75, 3.05) is 11.9 Å². The number of hydrogen-bond donors (Lipinski definition) is 1. The van der Waals surface area contributed by atoms with E-state index in [9.17, 15) is 0 Å². The van der Waals surface area contributed by atoms with E-state index in [1.54, 1.807) is 17.5 Å². The van der Waals surface area contributed by atoms with Gasteiger partial charge in [-0.2, -0.15) is 0 Å². The predicted octanol–water partition coefficient (Wildman–Crippen LogP) is 2.50. The molecule has 0 radical (unpaired) electrons. The third-order valence-electron chi connectivity index (χ3n) is 2.73. The molecule has 0 aliphatic rings. The molecule has 96 valence electrons. The molecule has 0 aliphatic carbocycles. The van der Waals surface area contributed by atoms with Gasteiger partial charge in [-0.05, 0) is 19.9 Å². The molecule has 5 heteroatoms. The lowest BCUT2D eigenvalue weighted by Gasteiger charge is -2.21. The number of rotatable bonds is 4. The molecule has 0 aliphatic heterocycles. The third kappa shape index (κ3) is 2.86. The van der Waals surface area contributed by atoms with Crippen LogP contribution in [0.25, 0.3) is 0 Å². The lowest BCUT2D eigenvalue weighted by Crippen LogP contribution is -2.21. The SMILES string of the molecule is Cc1nc(CN(C)c2ncccc2[C@@H](C)N)cs1. The molecular formula is C13H18N4S. The highest BCUT2D eigenvalue weighted by Gasteiger charge is 2.12. The fourth-order valence-electron chi connectivity index (χ4n) is 1.88. The summed E-state index contributed by atoms with van der Waals surface area (Å²) in [5, 5.41) is 3.17. The van der Waals surface area contributed by atoms with E-state index in [-0.39, 0.29) is 6.04 Å². The van der Waals surface area contributed by atoms with Crippen LogP contribution in [-0.4, -0.2) is 17.0 Å². The number of pyridine rings is 1. The zero-order valence-electron chi connectivity index (χ0n) is 10.9. The van der Waals surface area contributed by atoms with Gasteiger partial charge in [-0.25, -0.2) is 9.97 Å². The Labute approximate surface area is 111 Å². The fraction of sp³-hybridized carbons (Fsp3) is 0.385. The number of aryl methyl sites for hydroxylation is 1. The molecule has 2 aromatic heterocycles. The van der Waals surface area contributed by atoms with E-state index in [1.807, 2.05) is 33.0 Å². The second kappa shape index (κ2) is 5.46. The van der Waals surface area contributed by atoms with Crippen molar-refractivity contribution in [3.8, 4) is 0 Å². The Hall–Kier alpha value is -1.46. The first-order valence-corrected chi connectivity index (χ1v) is 6.78. The Morgan fingerprint density at radius 1 is 1.50 bits per heavy atom. The maximum absolute atomic E-state index is 5.97. The summed E-state index contributed by atoms with van der Waals surface area (Å²) in [6.07, 6.45) is 1.80. The normalized spacial score (nSPS) is 12.4. The number of nitrogens with two attached hydrogens (primary N) is 1. The summed E-state index contributed by atoms with van der Waals surface area (Å²) in [4.78, 5) is 11.0. The van der Waals surface area contributed by atoms with E-state index in [1.165, 1.54) is 0 Å². The van der Waals surface area contributed by atoms with Gasteiger partial charge >= 0.3 is 0 Å². The van der Waals surface area contributed by atoms with E-state index < -0.39 is 0 Å². The van der Waals surface area contributed by atoms with E-state index >= 15 is 0 Å². The van der Waals surface area contributed by atoms with Gasteiger partial charge in [0, 0.05) is 30.2 Å². The molecule has 0 amide bonds. The van der Waals surface area contributed by atoms with Crippen LogP contribution < -0.4 is 10.6 Å². The highest BCUT2D eigenvalue weighted by molar-refractivity contribution is 7.09. The van der Waals surface area contributed by atoms with Crippen LogP contribution in [-0.2, 0) is 6.54 Å². The number of aromatic nitrogens is 2. The monoisotopic (exact) mass is 262 g/mol. The zero-order chi connectivity index (χ0) is 13.1. The van der Waals surface area contributed by atoms with Crippen molar-refractivity contribution >= 4 is 17.2 Å². The van der Waals surface area contributed by atoms with Gasteiger partial charge < -0.3 is 10.6 Å². The highest BCUT2D eigenvalue weighted by atomic mass is 32.1. The van der Waals surface area contributed by atoms with Crippen LogP contribution in [0.2, 0.25) is 0 Å². The van der Waals surface area contributed by atoms with Gasteiger partial charge in [0.05, 0.1) is 17.2 Å². The predicted molar refractivity (Wildman–Crippen MR) is 75.8 cm³/mol. The first-order valence-electron chi connectivity index (χ1n) is 5.90. The summed E-state index contributed by atoms with van der Waals surface area (Å²) in [6, 6.07) is 3.92. The summed E-state index contributed by atoms with van der Waals surface area (Å²) in [6.45, 7) is 4.74. The van der Waals surface area contributed by atoms with Crippen LogP contribution in [0.3, 0.4) is 0 Å². The van der Waals surface area contributed by atoms with Crippen LogP contribution in [0, 0.1) is 6.92 Å². The fourth-order valence-corrected chi connectivity index (χ4v) is 2.49. The lowest BCUT2D eigenvalue weighted by atomic mass is 10.1. The van der Waals surface area contributed by atoms with Crippen LogP contribution in [0.15, 0.2) is 23.7 Å².